The lowest BCUT2D eigenvalue weighted by atomic mass is 10.6. The monoisotopic (exact) mass is 122 g/mol. The van der Waals surface area contributed by atoms with Crippen LogP contribution in [0.4, 0.5) is 0 Å². The maximum atomic E-state index is 9.94. The number of hydrogen-bond acceptors (Lipinski definition) is 2. The third kappa shape index (κ3) is 3.06. The Balaban J connectivity index is 3.85. The normalized spacial score (nSPS) is 8.33. The molecule has 0 bridgehead atoms. The summed E-state index contributed by atoms with van der Waals surface area (Å²) in [6, 6.07) is 1.74. The average Bonchev–Trinajstić information content (AvgIpc) is 1.91. The lowest BCUT2D eigenvalue weighted by molar-refractivity contribution is -0.114. The van der Waals surface area contributed by atoms with Gasteiger partial charge in [0.1, 0.15) is 0 Å². The van der Waals surface area contributed by atoms with Gasteiger partial charge in [0.25, 0.3) is 0 Å². The number of carbonyl (C=O) groups excluding carboxylic acids is 1. The van der Waals surface area contributed by atoms with Gasteiger partial charge in [-0.3, -0.25) is 9.69 Å². The number of amides is 1. The lowest BCUT2D eigenvalue weighted by Gasteiger charge is -1.99. The van der Waals surface area contributed by atoms with Crippen molar-refractivity contribution in [1.82, 2.24) is 4.90 Å². The molecule has 0 aromatic carbocycles. The van der Waals surface area contributed by atoms with Crippen LogP contribution in [0, 0.1) is 11.3 Å². The summed E-state index contributed by atoms with van der Waals surface area (Å²) in [6.07, 6.45) is 4.37. The van der Waals surface area contributed by atoms with Crippen molar-refractivity contribution in [3.63, 3.8) is 0 Å². The first-order valence-electron chi connectivity index (χ1n) is 2.26. The van der Waals surface area contributed by atoms with Crippen LogP contribution >= 0.6 is 0 Å². The summed E-state index contributed by atoms with van der Waals surface area (Å²) in [7, 11) is 0. The van der Waals surface area contributed by atoms with E-state index in [1.807, 2.05) is 0 Å². The fraction of sp³-hybridized carbons (Fsp3) is 0. The maximum absolute atomic E-state index is 9.94. The van der Waals surface area contributed by atoms with Gasteiger partial charge in [-0.2, -0.15) is 5.26 Å². The summed E-state index contributed by atoms with van der Waals surface area (Å²) < 4.78 is 0. The molecule has 0 N–H and O–H groups in total. The van der Waals surface area contributed by atoms with E-state index in [0.29, 0.717) is 6.41 Å². The predicted octanol–water partition coefficient (Wildman–Crippen LogP) is 0.626. The van der Waals surface area contributed by atoms with Crippen LogP contribution in [0.15, 0.2) is 25.1 Å². The van der Waals surface area contributed by atoms with Crippen LogP contribution < -0.4 is 0 Å². The van der Waals surface area contributed by atoms with E-state index in [0.717, 1.165) is 4.90 Å². The largest absolute Gasteiger partial charge is 0.297 e. The van der Waals surface area contributed by atoms with Crippen molar-refractivity contribution in [3.8, 4) is 6.07 Å². The first-order chi connectivity index (χ1) is 4.35. The molecule has 0 rings (SSSR count). The van der Waals surface area contributed by atoms with Crippen LogP contribution in [-0.4, -0.2) is 11.3 Å². The quantitative estimate of drug-likeness (QED) is 0.407. The van der Waals surface area contributed by atoms with E-state index in [2.05, 4.69) is 6.58 Å². The van der Waals surface area contributed by atoms with Crippen LogP contribution in [0.25, 0.3) is 0 Å². The summed E-state index contributed by atoms with van der Waals surface area (Å²) in [4.78, 5) is 11.1. The number of nitrogens with zero attached hydrogens (tertiary/aromatic N) is 2. The standard InChI is InChI=1S/C6H6N2O/c1-2-8(6-9)5-3-4-7/h2-3,5-6H,1H2. The van der Waals surface area contributed by atoms with Gasteiger partial charge in [0.2, 0.25) is 6.41 Å². The van der Waals surface area contributed by atoms with Gasteiger partial charge in [-0.25, -0.2) is 0 Å². The van der Waals surface area contributed by atoms with E-state index in [4.69, 9.17) is 5.26 Å². The summed E-state index contributed by atoms with van der Waals surface area (Å²) in [5, 5.41) is 7.99. The number of allylic oxidation sites excluding steroid dienone is 1. The molecular weight excluding hydrogens is 116 g/mol. The molecule has 0 aliphatic rings. The maximum Gasteiger partial charge on any atom is 0.217 e. The molecule has 0 spiro atoms. The first kappa shape index (κ1) is 7.44. The molecule has 0 saturated heterocycles. The fourth-order valence-electron chi connectivity index (χ4n) is 0.258. The third-order valence-electron chi connectivity index (χ3n) is 0.654. The van der Waals surface area contributed by atoms with E-state index >= 15 is 0 Å². The molecule has 1 amide bonds. The summed E-state index contributed by atoms with van der Waals surface area (Å²) >= 11 is 0. The van der Waals surface area contributed by atoms with Crippen molar-refractivity contribution in [2.24, 2.45) is 0 Å². The molecule has 0 heterocycles. The number of nitriles is 1. The minimum absolute atomic E-state index is 0.556. The second-order valence-electron chi connectivity index (χ2n) is 1.18. The van der Waals surface area contributed by atoms with Gasteiger partial charge < -0.3 is 0 Å². The molecule has 0 aliphatic heterocycles. The van der Waals surface area contributed by atoms with Gasteiger partial charge in [-0.1, -0.05) is 6.58 Å². The molecule has 46 valence electrons. The molecule has 0 radical (unpaired) electrons. The van der Waals surface area contributed by atoms with Crippen LogP contribution in [0.1, 0.15) is 0 Å². The van der Waals surface area contributed by atoms with Gasteiger partial charge in [0.15, 0.2) is 0 Å². The second-order valence-corrected chi connectivity index (χ2v) is 1.18. The summed E-state index contributed by atoms with van der Waals surface area (Å²) in [5.74, 6) is 0. The zero-order valence-electron chi connectivity index (χ0n) is 4.82. The summed E-state index contributed by atoms with van der Waals surface area (Å²) in [6.45, 7) is 3.32. The second kappa shape index (κ2) is 4.60. The molecular formula is C6H6N2O. The number of carbonyl (C=O) groups is 1. The predicted molar refractivity (Wildman–Crippen MR) is 32.9 cm³/mol. The Morgan fingerprint density at radius 3 is 2.67 bits per heavy atom. The van der Waals surface area contributed by atoms with Crippen molar-refractivity contribution >= 4 is 6.41 Å². The Morgan fingerprint density at radius 1 is 1.67 bits per heavy atom. The molecule has 0 fully saturated rings. The first-order valence-corrected chi connectivity index (χ1v) is 2.26. The van der Waals surface area contributed by atoms with Gasteiger partial charge in [-0.15, -0.1) is 0 Å². The van der Waals surface area contributed by atoms with Gasteiger partial charge in [0, 0.05) is 18.5 Å². The molecule has 3 heteroatoms. The average molecular weight is 122 g/mol. The zero-order chi connectivity index (χ0) is 7.11. The van der Waals surface area contributed by atoms with Gasteiger partial charge >= 0.3 is 0 Å². The van der Waals surface area contributed by atoms with Crippen LogP contribution in [-0.2, 0) is 4.79 Å². The number of rotatable bonds is 3. The van der Waals surface area contributed by atoms with Crippen molar-refractivity contribution in [3.05, 3.63) is 25.1 Å². The molecule has 0 aromatic rings. The minimum Gasteiger partial charge on any atom is -0.297 e. The Hall–Kier alpha value is -1.56. The Bertz CT molecular complexity index is 158. The van der Waals surface area contributed by atoms with Crippen molar-refractivity contribution < 1.29 is 4.79 Å². The third-order valence-corrected chi connectivity index (χ3v) is 0.654. The smallest absolute Gasteiger partial charge is 0.217 e. The highest BCUT2D eigenvalue weighted by Crippen LogP contribution is 1.82. The fourth-order valence-corrected chi connectivity index (χ4v) is 0.258. The van der Waals surface area contributed by atoms with Crippen LogP contribution in [0.5, 0.6) is 0 Å². The van der Waals surface area contributed by atoms with Crippen LogP contribution in [0.2, 0.25) is 0 Å². The highest BCUT2D eigenvalue weighted by Gasteiger charge is 1.82. The molecule has 0 atom stereocenters. The SMILES string of the molecule is C=CN(C=O)C=CC#N. The molecule has 3 nitrogen and oxygen atoms in total. The van der Waals surface area contributed by atoms with Gasteiger partial charge in [0.05, 0.1) is 6.07 Å². The van der Waals surface area contributed by atoms with Gasteiger partial charge in [-0.05, 0) is 0 Å². The minimum atomic E-state index is 0.556. The van der Waals surface area contributed by atoms with E-state index in [1.165, 1.54) is 18.5 Å². The van der Waals surface area contributed by atoms with E-state index in [1.54, 1.807) is 6.07 Å². The van der Waals surface area contributed by atoms with Crippen molar-refractivity contribution in [2.45, 2.75) is 0 Å². The molecule has 9 heavy (non-hydrogen) atoms. The van der Waals surface area contributed by atoms with Crippen LogP contribution in [0.3, 0.4) is 0 Å². The Kier molecular flexibility index (Phi) is 3.80. The Labute approximate surface area is 53.5 Å². The Morgan fingerprint density at radius 2 is 2.33 bits per heavy atom. The van der Waals surface area contributed by atoms with Crippen molar-refractivity contribution in [1.29, 1.82) is 5.26 Å². The highest BCUT2D eigenvalue weighted by atomic mass is 16.1. The molecule has 0 aromatic heterocycles. The lowest BCUT2D eigenvalue weighted by Crippen LogP contribution is -2.03. The van der Waals surface area contributed by atoms with E-state index in [-0.39, 0.29) is 0 Å². The molecule has 0 unspecified atom stereocenters. The molecule has 0 saturated carbocycles. The number of hydrogen-bond donors (Lipinski definition) is 0. The zero-order valence-corrected chi connectivity index (χ0v) is 4.82. The highest BCUT2D eigenvalue weighted by molar-refractivity contribution is 5.50. The van der Waals surface area contributed by atoms with Crippen molar-refractivity contribution in [2.75, 3.05) is 0 Å². The van der Waals surface area contributed by atoms with E-state index < -0.39 is 0 Å². The van der Waals surface area contributed by atoms with E-state index in [9.17, 15) is 4.79 Å². The topological polar surface area (TPSA) is 44.1 Å². The summed E-state index contributed by atoms with van der Waals surface area (Å²) in [5.41, 5.74) is 0. The molecule has 0 aliphatic carbocycles.